The van der Waals surface area contributed by atoms with Crippen molar-refractivity contribution in [2.24, 2.45) is 0 Å². The fourth-order valence-electron chi connectivity index (χ4n) is 1.86. The van der Waals surface area contributed by atoms with Crippen molar-refractivity contribution in [2.45, 2.75) is 13.0 Å². The number of halogens is 1. The molecule has 0 spiro atoms. The Bertz CT molecular complexity index is 525. The minimum atomic E-state index is -0.463. The Morgan fingerprint density at radius 1 is 1.06 bits per heavy atom. The minimum Gasteiger partial charge on any atom is -0.389 e. The van der Waals surface area contributed by atoms with Gasteiger partial charge in [-0.15, -0.1) is 0 Å². The number of aliphatic hydroxyl groups excluding tert-OH is 1. The van der Waals surface area contributed by atoms with Crippen LogP contribution >= 0.6 is 15.9 Å². The van der Waals surface area contributed by atoms with Crippen LogP contribution in [0, 0.1) is 0 Å². The molecule has 0 radical (unpaired) electrons. The molecule has 1 atom stereocenters. The summed E-state index contributed by atoms with van der Waals surface area (Å²) in [5, 5.41) is 9.61. The Hall–Kier alpha value is -1.32. The van der Waals surface area contributed by atoms with E-state index in [1.165, 1.54) is 0 Å². The predicted molar refractivity (Wildman–Crippen MR) is 79.3 cm³/mol. The van der Waals surface area contributed by atoms with Crippen LogP contribution in [-0.2, 0) is 0 Å². The number of nitrogens with zero attached hydrogens (tertiary/aromatic N) is 1. The third kappa shape index (κ3) is 2.74. The van der Waals surface area contributed by atoms with Crippen LogP contribution in [0.1, 0.15) is 18.6 Å². The van der Waals surface area contributed by atoms with Crippen molar-refractivity contribution >= 4 is 27.3 Å². The third-order valence-corrected chi connectivity index (χ3v) is 3.65. The van der Waals surface area contributed by atoms with Gasteiger partial charge in [0.05, 0.1) is 6.10 Å². The Labute approximate surface area is 116 Å². The number of aliphatic hydroxyl groups is 1. The van der Waals surface area contributed by atoms with E-state index in [4.69, 9.17) is 0 Å². The van der Waals surface area contributed by atoms with Crippen LogP contribution in [0.2, 0.25) is 0 Å². The van der Waals surface area contributed by atoms with Crippen molar-refractivity contribution in [1.29, 1.82) is 0 Å². The van der Waals surface area contributed by atoms with Crippen molar-refractivity contribution in [2.75, 3.05) is 11.9 Å². The maximum atomic E-state index is 9.61. The molecule has 2 aromatic carbocycles. The zero-order valence-corrected chi connectivity index (χ0v) is 12.1. The Morgan fingerprint density at radius 2 is 1.72 bits per heavy atom. The average molecular weight is 306 g/mol. The van der Waals surface area contributed by atoms with Crippen LogP contribution in [0.15, 0.2) is 53.0 Å². The first kappa shape index (κ1) is 13.1. The highest BCUT2D eigenvalue weighted by Crippen LogP contribution is 2.30. The lowest BCUT2D eigenvalue weighted by Crippen LogP contribution is -2.09. The summed E-state index contributed by atoms with van der Waals surface area (Å²) >= 11 is 3.50. The van der Waals surface area contributed by atoms with Crippen molar-refractivity contribution in [1.82, 2.24) is 0 Å². The average Bonchev–Trinajstić information content (AvgIpc) is 2.38. The molecule has 3 heteroatoms. The summed E-state index contributed by atoms with van der Waals surface area (Å²) in [4.78, 5) is 2.11. The van der Waals surface area contributed by atoms with E-state index in [9.17, 15) is 5.11 Å². The van der Waals surface area contributed by atoms with Gasteiger partial charge in [-0.25, -0.2) is 0 Å². The molecule has 1 unspecified atom stereocenters. The van der Waals surface area contributed by atoms with Crippen LogP contribution in [0.4, 0.5) is 11.4 Å². The van der Waals surface area contributed by atoms with E-state index in [-0.39, 0.29) is 0 Å². The summed E-state index contributed by atoms with van der Waals surface area (Å²) < 4.78 is 0.929. The SMILES string of the molecule is CC(O)c1ccc(N(C)c2ccccc2)cc1Br. The fraction of sp³-hybridized carbons (Fsp3) is 0.200. The second-order valence-corrected chi connectivity index (χ2v) is 5.13. The molecule has 94 valence electrons. The minimum absolute atomic E-state index is 0.463. The van der Waals surface area contributed by atoms with Crippen molar-refractivity contribution in [3.63, 3.8) is 0 Å². The van der Waals surface area contributed by atoms with Gasteiger partial charge in [0.15, 0.2) is 0 Å². The number of hydrogen-bond donors (Lipinski definition) is 1. The lowest BCUT2D eigenvalue weighted by molar-refractivity contribution is 0.198. The molecule has 0 aliphatic rings. The first-order valence-corrected chi connectivity index (χ1v) is 6.65. The molecular weight excluding hydrogens is 290 g/mol. The predicted octanol–water partition coefficient (Wildman–Crippen LogP) is 4.27. The highest BCUT2D eigenvalue weighted by Gasteiger charge is 2.09. The number of anilines is 2. The van der Waals surface area contributed by atoms with E-state index in [0.29, 0.717) is 0 Å². The van der Waals surface area contributed by atoms with Gasteiger partial charge in [0.1, 0.15) is 0 Å². The van der Waals surface area contributed by atoms with Crippen molar-refractivity contribution in [3.8, 4) is 0 Å². The molecular formula is C15H16BrNO. The molecule has 18 heavy (non-hydrogen) atoms. The van der Waals surface area contributed by atoms with Crippen molar-refractivity contribution in [3.05, 3.63) is 58.6 Å². The number of benzene rings is 2. The Kier molecular flexibility index (Phi) is 4.04. The molecule has 0 amide bonds. The zero-order chi connectivity index (χ0) is 13.1. The molecule has 0 heterocycles. The molecule has 0 bridgehead atoms. The second-order valence-electron chi connectivity index (χ2n) is 4.28. The van der Waals surface area contributed by atoms with E-state index in [2.05, 4.69) is 33.0 Å². The van der Waals surface area contributed by atoms with Gasteiger partial charge in [-0.2, -0.15) is 0 Å². The first-order chi connectivity index (χ1) is 8.59. The molecule has 0 aliphatic heterocycles. The standard InChI is InChI=1S/C15H16BrNO/c1-11(18)14-9-8-13(10-15(14)16)17(2)12-6-4-3-5-7-12/h3-11,18H,1-2H3. The van der Waals surface area contributed by atoms with E-state index in [1.807, 2.05) is 43.4 Å². The van der Waals surface area contributed by atoms with Crippen molar-refractivity contribution < 1.29 is 5.11 Å². The summed E-state index contributed by atoms with van der Waals surface area (Å²) in [5.41, 5.74) is 3.12. The lowest BCUT2D eigenvalue weighted by Gasteiger charge is -2.20. The van der Waals surface area contributed by atoms with Crippen LogP contribution in [0.3, 0.4) is 0 Å². The normalized spacial score (nSPS) is 12.2. The van der Waals surface area contributed by atoms with Crippen LogP contribution < -0.4 is 4.90 Å². The van der Waals surface area contributed by atoms with Gasteiger partial charge < -0.3 is 10.0 Å². The molecule has 0 saturated carbocycles. The van der Waals surface area contributed by atoms with E-state index in [1.54, 1.807) is 6.92 Å². The maximum absolute atomic E-state index is 9.61. The molecule has 2 rings (SSSR count). The Morgan fingerprint density at radius 3 is 2.28 bits per heavy atom. The molecule has 2 nitrogen and oxygen atoms in total. The van der Waals surface area contributed by atoms with E-state index >= 15 is 0 Å². The molecule has 2 aromatic rings. The quantitative estimate of drug-likeness (QED) is 0.915. The van der Waals surface area contributed by atoms with E-state index in [0.717, 1.165) is 21.4 Å². The van der Waals surface area contributed by atoms with Crippen LogP contribution in [0.5, 0.6) is 0 Å². The van der Waals surface area contributed by atoms with Gasteiger partial charge in [0.25, 0.3) is 0 Å². The second kappa shape index (κ2) is 5.55. The third-order valence-electron chi connectivity index (χ3n) is 2.96. The summed E-state index contributed by atoms with van der Waals surface area (Å²) in [7, 11) is 2.03. The molecule has 0 aromatic heterocycles. The van der Waals surface area contributed by atoms with Gasteiger partial charge in [-0.05, 0) is 36.8 Å². The number of para-hydroxylation sites is 1. The highest BCUT2D eigenvalue weighted by molar-refractivity contribution is 9.10. The maximum Gasteiger partial charge on any atom is 0.0772 e. The molecule has 1 N–H and O–H groups in total. The lowest BCUT2D eigenvalue weighted by atomic mass is 10.1. The topological polar surface area (TPSA) is 23.5 Å². The van der Waals surface area contributed by atoms with Gasteiger partial charge in [-0.3, -0.25) is 0 Å². The Balaban J connectivity index is 2.32. The largest absolute Gasteiger partial charge is 0.389 e. The summed E-state index contributed by atoms with van der Waals surface area (Å²) in [5.74, 6) is 0. The summed E-state index contributed by atoms with van der Waals surface area (Å²) in [6.07, 6.45) is -0.463. The van der Waals surface area contributed by atoms with Gasteiger partial charge >= 0.3 is 0 Å². The number of rotatable bonds is 3. The summed E-state index contributed by atoms with van der Waals surface area (Å²) in [6, 6.07) is 16.2. The monoisotopic (exact) mass is 305 g/mol. The number of hydrogen-bond acceptors (Lipinski definition) is 2. The summed E-state index contributed by atoms with van der Waals surface area (Å²) in [6.45, 7) is 1.76. The van der Waals surface area contributed by atoms with Gasteiger partial charge in [0, 0.05) is 22.9 Å². The van der Waals surface area contributed by atoms with E-state index < -0.39 is 6.10 Å². The van der Waals surface area contributed by atoms with Crippen LogP contribution in [-0.4, -0.2) is 12.2 Å². The van der Waals surface area contributed by atoms with Gasteiger partial charge in [-0.1, -0.05) is 40.2 Å². The smallest absolute Gasteiger partial charge is 0.0772 e. The molecule has 0 aliphatic carbocycles. The fourth-order valence-corrected chi connectivity index (χ4v) is 2.56. The van der Waals surface area contributed by atoms with Crippen LogP contribution in [0.25, 0.3) is 0 Å². The van der Waals surface area contributed by atoms with Gasteiger partial charge in [0.2, 0.25) is 0 Å². The zero-order valence-electron chi connectivity index (χ0n) is 10.5. The highest BCUT2D eigenvalue weighted by atomic mass is 79.9. The first-order valence-electron chi connectivity index (χ1n) is 5.86. The molecule has 0 saturated heterocycles. The molecule has 0 fully saturated rings.